The van der Waals surface area contributed by atoms with Gasteiger partial charge in [0.15, 0.2) is 0 Å². The molecule has 1 aromatic rings. The first kappa shape index (κ1) is 11.9. The molecule has 0 radical (unpaired) electrons. The van der Waals surface area contributed by atoms with Crippen LogP contribution < -0.4 is 5.32 Å². The number of benzene rings is 1. The molecular weight excluding hydrogens is 216 g/mol. The molecule has 0 amide bonds. The highest BCUT2D eigenvalue weighted by Gasteiger charge is 2.18. The number of nitrogens with one attached hydrogen (secondary N) is 1. The van der Waals surface area contributed by atoms with Crippen molar-refractivity contribution in [1.29, 1.82) is 0 Å². The molecule has 1 aliphatic rings. The van der Waals surface area contributed by atoms with Gasteiger partial charge in [-0.15, -0.1) is 0 Å². The molecule has 0 unspecified atom stereocenters. The third-order valence-electron chi connectivity index (χ3n) is 3.44. The average molecular weight is 234 g/mol. The van der Waals surface area contributed by atoms with Gasteiger partial charge in [0.25, 0.3) is 5.69 Å². The van der Waals surface area contributed by atoms with Gasteiger partial charge in [-0.25, -0.2) is 0 Å². The molecule has 4 heteroatoms. The summed E-state index contributed by atoms with van der Waals surface area (Å²) in [5.74, 6) is 0.825. The van der Waals surface area contributed by atoms with E-state index in [4.69, 9.17) is 0 Å². The van der Waals surface area contributed by atoms with Crippen LogP contribution in [-0.2, 0) is 0 Å². The van der Waals surface area contributed by atoms with Gasteiger partial charge in [-0.3, -0.25) is 10.1 Å². The Labute approximate surface area is 101 Å². The van der Waals surface area contributed by atoms with Crippen molar-refractivity contribution in [1.82, 2.24) is 0 Å². The van der Waals surface area contributed by atoms with E-state index in [1.807, 2.05) is 13.0 Å². The Bertz CT molecular complexity index is 414. The molecule has 0 aromatic heterocycles. The van der Waals surface area contributed by atoms with E-state index in [2.05, 4.69) is 5.32 Å². The van der Waals surface area contributed by atoms with Gasteiger partial charge >= 0.3 is 0 Å². The second-order valence-corrected chi connectivity index (χ2v) is 4.79. The molecule has 0 atom stereocenters. The summed E-state index contributed by atoms with van der Waals surface area (Å²) in [6.07, 6.45) is 5.09. The molecule has 0 bridgehead atoms. The van der Waals surface area contributed by atoms with Crippen molar-refractivity contribution in [2.24, 2.45) is 5.92 Å². The van der Waals surface area contributed by atoms with Crippen LogP contribution in [0.2, 0.25) is 0 Å². The quantitative estimate of drug-likeness (QED) is 0.626. The Morgan fingerprint density at radius 3 is 2.82 bits per heavy atom. The fourth-order valence-electron chi connectivity index (χ4n) is 2.14. The first-order valence-electron chi connectivity index (χ1n) is 6.16. The van der Waals surface area contributed by atoms with Crippen LogP contribution in [0.5, 0.6) is 0 Å². The number of anilines is 1. The van der Waals surface area contributed by atoms with Crippen LogP contribution in [0, 0.1) is 23.0 Å². The maximum atomic E-state index is 10.9. The highest BCUT2D eigenvalue weighted by Crippen LogP contribution is 2.30. The molecule has 92 valence electrons. The fourth-order valence-corrected chi connectivity index (χ4v) is 2.14. The highest BCUT2D eigenvalue weighted by atomic mass is 16.6. The molecule has 0 spiro atoms. The predicted molar refractivity (Wildman–Crippen MR) is 68.3 cm³/mol. The standard InChI is InChI=1S/C13H18N2O2/c1-10-5-6-13(15(16)17)12(9-10)14-8-7-11-3-2-4-11/h5-6,9,11,14H,2-4,7-8H2,1H3. The summed E-state index contributed by atoms with van der Waals surface area (Å²) >= 11 is 0. The van der Waals surface area contributed by atoms with Crippen LogP contribution in [-0.4, -0.2) is 11.5 Å². The Kier molecular flexibility index (Phi) is 3.61. The minimum atomic E-state index is -0.328. The molecule has 0 heterocycles. The van der Waals surface area contributed by atoms with Crippen LogP contribution in [0.25, 0.3) is 0 Å². The Morgan fingerprint density at radius 1 is 1.47 bits per heavy atom. The van der Waals surface area contributed by atoms with Gasteiger partial charge in [-0.1, -0.05) is 25.3 Å². The maximum absolute atomic E-state index is 10.9. The Morgan fingerprint density at radius 2 is 2.24 bits per heavy atom. The van der Waals surface area contributed by atoms with E-state index in [1.54, 1.807) is 12.1 Å². The lowest BCUT2D eigenvalue weighted by molar-refractivity contribution is -0.384. The summed E-state index contributed by atoms with van der Waals surface area (Å²) in [5.41, 5.74) is 1.86. The summed E-state index contributed by atoms with van der Waals surface area (Å²) in [4.78, 5) is 10.5. The third-order valence-corrected chi connectivity index (χ3v) is 3.44. The number of nitro benzene ring substituents is 1. The molecule has 0 aliphatic heterocycles. The molecular formula is C13H18N2O2. The fraction of sp³-hybridized carbons (Fsp3) is 0.538. The Hall–Kier alpha value is -1.58. The normalized spacial score (nSPS) is 15.4. The van der Waals surface area contributed by atoms with E-state index in [9.17, 15) is 10.1 Å². The number of hydrogen-bond acceptors (Lipinski definition) is 3. The van der Waals surface area contributed by atoms with Crippen molar-refractivity contribution in [3.8, 4) is 0 Å². The first-order valence-corrected chi connectivity index (χ1v) is 6.16. The van der Waals surface area contributed by atoms with Gasteiger partial charge in [-0.05, 0) is 30.9 Å². The van der Waals surface area contributed by atoms with Gasteiger partial charge in [-0.2, -0.15) is 0 Å². The third kappa shape index (κ3) is 2.96. The predicted octanol–water partition coefficient (Wildman–Crippen LogP) is 3.51. The van der Waals surface area contributed by atoms with E-state index in [0.29, 0.717) is 5.69 Å². The average Bonchev–Trinajstić information content (AvgIpc) is 2.21. The zero-order valence-electron chi connectivity index (χ0n) is 10.1. The highest BCUT2D eigenvalue weighted by molar-refractivity contribution is 5.62. The zero-order chi connectivity index (χ0) is 12.3. The van der Waals surface area contributed by atoms with E-state index in [-0.39, 0.29) is 10.6 Å². The van der Waals surface area contributed by atoms with Crippen LogP contribution in [0.3, 0.4) is 0 Å². The second-order valence-electron chi connectivity index (χ2n) is 4.79. The van der Waals surface area contributed by atoms with Crippen LogP contribution >= 0.6 is 0 Å². The van der Waals surface area contributed by atoms with Crippen LogP contribution in [0.1, 0.15) is 31.2 Å². The number of aryl methyl sites for hydroxylation is 1. The number of rotatable bonds is 5. The molecule has 2 rings (SSSR count). The molecule has 0 saturated heterocycles. The molecule has 17 heavy (non-hydrogen) atoms. The smallest absolute Gasteiger partial charge is 0.292 e. The van der Waals surface area contributed by atoms with Gasteiger partial charge in [0.2, 0.25) is 0 Å². The number of nitro groups is 1. The number of nitrogens with zero attached hydrogens (tertiary/aromatic N) is 1. The van der Waals surface area contributed by atoms with Crippen molar-refractivity contribution in [3.05, 3.63) is 33.9 Å². The van der Waals surface area contributed by atoms with E-state index >= 15 is 0 Å². The lowest BCUT2D eigenvalue weighted by Crippen LogP contribution is -2.16. The molecule has 1 fully saturated rings. The minimum absolute atomic E-state index is 0.171. The monoisotopic (exact) mass is 234 g/mol. The lowest BCUT2D eigenvalue weighted by Gasteiger charge is -2.25. The van der Waals surface area contributed by atoms with Crippen LogP contribution in [0.4, 0.5) is 11.4 Å². The van der Waals surface area contributed by atoms with E-state index in [1.165, 1.54) is 19.3 Å². The van der Waals surface area contributed by atoms with Crippen molar-refractivity contribution in [2.75, 3.05) is 11.9 Å². The summed E-state index contributed by atoms with van der Waals surface area (Å²) in [5, 5.41) is 14.1. The lowest BCUT2D eigenvalue weighted by atomic mass is 9.83. The largest absolute Gasteiger partial charge is 0.379 e. The summed E-state index contributed by atoms with van der Waals surface area (Å²) in [6.45, 7) is 2.77. The Balaban J connectivity index is 1.97. The van der Waals surface area contributed by atoms with Crippen LogP contribution in [0.15, 0.2) is 18.2 Å². The second kappa shape index (κ2) is 5.17. The van der Waals surface area contributed by atoms with Gasteiger partial charge in [0.1, 0.15) is 5.69 Å². The number of hydrogen-bond donors (Lipinski definition) is 1. The van der Waals surface area contributed by atoms with Gasteiger partial charge in [0, 0.05) is 12.6 Å². The first-order chi connectivity index (χ1) is 8.16. The van der Waals surface area contributed by atoms with Crippen molar-refractivity contribution in [3.63, 3.8) is 0 Å². The molecule has 1 aliphatic carbocycles. The molecule has 1 N–H and O–H groups in total. The molecule has 4 nitrogen and oxygen atoms in total. The minimum Gasteiger partial charge on any atom is -0.379 e. The van der Waals surface area contributed by atoms with Crippen molar-refractivity contribution in [2.45, 2.75) is 32.6 Å². The van der Waals surface area contributed by atoms with E-state index < -0.39 is 0 Å². The topological polar surface area (TPSA) is 55.2 Å². The van der Waals surface area contributed by atoms with Gasteiger partial charge < -0.3 is 5.32 Å². The summed E-state index contributed by atoms with van der Waals surface area (Å²) in [7, 11) is 0. The zero-order valence-corrected chi connectivity index (χ0v) is 10.1. The molecule has 1 saturated carbocycles. The molecule has 1 aromatic carbocycles. The SMILES string of the molecule is Cc1ccc([N+](=O)[O-])c(NCCC2CCC2)c1. The van der Waals surface area contributed by atoms with E-state index in [0.717, 1.165) is 24.4 Å². The summed E-state index contributed by atoms with van der Waals surface area (Å²) in [6, 6.07) is 5.19. The van der Waals surface area contributed by atoms with Gasteiger partial charge in [0.05, 0.1) is 4.92 Å². The maximum Gasteiger partial charge on any atom is 0.292 e. The van der Waals surface area contributed by atoms with Crippen molar-refractivity contribution >= 4 is 11.4 Å². The summed E-state index contributed by atoms with van der Waals surface area (Å²) < 4.78 is 0. The van der Waals surface area contributed by atoms with Crippen molar-refractivity contribution < 1.29 is 4.92 Å².